The number of hydrogen-bond acceptors (Lipinski definition) is 7. The van der Waals surface area contributed by atoms with E-state index in [0.717, 1.165) is 7.11 Å². The van der Waals surface area contributed by atoms with E-state index in [1.807, 2.05) is 0 Å². The molecule has 0 aliphatic rings. The minimum Gasteiger partial charge on any atom is -0.467 e. The molecule has 0 aliphatic heterocycles. The van der Waals surface area contributed by atoms with Crippen molar-refractivity contribution in [2.75, 3.05) is 7.11 Å². The molecule has 9 nitrogen and oxygen atoms in total. The second-order valence-corrected chi connectivity index (χ2v) is 9.24. The molecule has 13 heteroatoms. The maximum Gasteiger partial charge on any atom is 0.408 e. The Hall–Kier alpha value is -4.03. The van der Waals surface area contributed by atoms with Crippen LogP contribution in [0.5, 0.6) is 11.5 Å². The van der Waals surface area contributed by atoms with Crippen LogP contribution in [0.1, 0.15) is 31.9 Å². The van der Waals surface area contributed by atoms with Crippen molar-refractivity contribution in [3.8, 4) is 11.5 Å². The maximum absolute atomic E-state index is 13.2. The molecular weight excluding hydrogens is 528 g/mol. The lowest BCUT2D eigenvalue weighted by molar-refractivity contribution is -0.145. The number of amides is 2. The molecule has 0 saturated heterocycles. The number of alkyl carbamates (subject to hydrolysis) is 1. The van der Waals surface area contributed by atoms with Gasteiger partial charge in [-0.1, -0.05) is 24.3 Å². The van der Waals surface area contributed by atoms with Gasteiger partial charge in [0.1, 0.15) is 29.2 Å². The van der Waals surface area contributed by atoms with E-state index >= 15 is 0 Å². The molecule has 214 valence electrons. The van der Waals surface area contributed by atoms with Crippen LogP contribution in [0.15, 0.2) is 48.5 Å². The number of carbonyl (C=O) groups excluding carboxylic acids is 3. The highest BCUT2D eigenvalue weighted by Crippen LogP contribution is 2.18. The first-order valence-corrected chi connectivity index (χ1v) is 11.7. The van der Waals surface area contributed by atoms with E-state index in [4.69, 9.17) is 9.47 Å². The predicted molar refractivity (Wildman–Crippen MR) is 131 cm³/mol. The molecule has 0 bridgehead atoms. The van der Waals surface area contributed by atoms with Gasteiger partial charge in [-0.05, 0) is 56.2 Å². The summed E-state index contributed by atoms with van der Waals surface area (Å²) in [6, 6.07) is 8.46. The van der Waals surface area contributed by atoms with Crippen LogP contribution in [-0.4, -0.2) is 56.0 Å². The number of ether oxygens (including phenoxy) is 4. The van der Waals surface area contributed by atoms with E-state index in [-0.39, 0.29) is 24.3 Å². The van der Waals surface area contributed by atoms with Crippen molar-refractivity contribution < 1.29 is 50.9 Å². The highest BCUT2D eigenvalue weighted by molar-refractivity contribution is 5.90. The van der Waals surface area contributed by atoms with Crippen molar-refractivity contribution in [3.63, 3.8) is 0 Å². The summed E-state index contributed by atoms with van der Waals surface area (Å²) in [5.41, 5.74) is 0.115. The molecular formula is C26H30F4N2O7. The highest BCUT2D eigenvalue weighted by Gasteiger charge is 2.29. The first kappa shape index (κ1) is 31.2. The Morgan fingerprint density at radius 2 is 1.18 bits per heavy atom. The molecule has 0 aromatic heterocycles. The number of benzene rings is 2. The summed E-state index contributed by atoms with van der Waals surface area (Å²) in [7, 11) is 1.13. The van der Waals surface area contributed by atoms with E-state index in [2.05, 4.69) is 20.1 Å². The van der Waals surface area contributed by atoms with E-state index in [1.54, 1.807) is 20.8 Å². The minimum atomic E-state index is -3.01. The number of halogens is 4. The highest BCUT2D eigenvalue weighted by atomic mass is 19.3. The molecule has 2 amide bonds. The molecule has 2 aromatic carbocycles. The average molecular weight is 559 g/mol. The summed E-state index contributed by atoms with van der Waals surface area (Å²) in [6.45, 7) is -1.11. The third kappa shape index (κ3) is 11.5. The number of nitrogens with one attached hydrogen (secondary N) is 2. The van der Waals surface area contributed by atoms with Crippen LogP contribution in [0.25, 0.3) is 0 Å². The largest absolute Gasteiger partial charge is 0.467 e. The quantitative estimate of drug-likeness (QED) is 0.296. The Morgan fingerprint density at radius 3 is 1.56 bits per heavy atom. The molecule has 0 heterocycles. The fourth-order valence-electron chi connectivity index (χ4n) is 3.35. The lowest BCUT2D eigenvalue weighted by Gasteiger charge is -2.25. The number of rotatable bonds is 12. The van der Waals surface area contributed by atoms with Crippen LogP contribution in [0.2, 0.25) is 0 Å². The van der Waals surface area contributed by atoms with Crippen LogP contribution in [-0.2, 0) is 31.9 Å². The smallest absolute Gasteiger partial charge is 0.408 e. The van der Waals surface area contributed by atoms with E-state index < -0.39 is 48.9 Å². The molecule has 0 aliphatic carbocycles. The fraction of sp³-hybridized carbons (Fsp3) is 0.423. The SMILES string of the molecule is COC(=O)[C@@H](Cc1ccc(OC(F)F)cc1)NC(=O)[C@H](Cc1ccc(OC(F)F)cc1)NC(=O)OC(C)(C)C. The van der Waals surface area contributed by atoms with Gasteiger partial charge in [-0.3, -0.25) is 4.79 Å². The van der Waals surface area contributed by atoms with Crippen LogP contribution < -0.4 is 20.1 Å². The first-order chi connectivity index (χ1) is 18.3. The number of hydrogen-bond donors (Lipinski definition) is 2. The molecule has 0 spiro atoms. The molecule has 2 atom stereocenters. The molecule has 0 saturated carbocycles. The third-order valence-electron chi connectivity index (χ3n) is 4.99. The summed E-state index contributed by atoms with van der Waals surface area (Å²) < 4.78 is 68.3. The zero-order chi connectivity index (χ0) is 29.2. The summed E-state index contributed by atoms with van der Waals surface area (Å²) in [6.07, 6.45) is -1.05. The van der Waals surface area contributed by atoms with Crippen molar-refractivity contribution in [2.24, 2.45) is 0 Å². The second-order valence-electron chi connectivity index (χ2n) is 9.24. The fourth-order valence-corrected chi connectivity index (χ4v) is 3.35. The number of carbonyl (C=O) groups is 3. The predicted octanol–water partition coefficient (Wildman–Crippen LogP) is 4.23. The van der Waals surface area contributed by atoms with Gasteiger partial charge in [0.05, 0.1) is 7.11 Å². The molecule has 39 heavy (non-hydrogen) atoms. The van der Waals surface area contributed by atoms with Gasteiger partial charge in [-0.15, -0.1) is 0 Å². The summed E-state index contributed by atoms with van der Waals surface area (Å²) in [4.78, 5) is 38.1. The Kier molecular flexibility index (Phi) is 11.4. The van der Waals surface area contributed by atoms with Gasteiger partial charge in [0.2, 0.25) is 5.91 Å². The van der Waals surface area contributed by atoms with Gasteiger partial charge in [0.15, 0.2) is 0 Å². The van der Waals surface area contributed by atoms with Gasteiger partial charge in [-0.2, -0.15) is 17.6 Å². The van der Waals surface area contributed by atoms with Crippen molar-refractivity contribution in [1.82, 2.24) is 10.6 Å². The maximum atomic E-state index is 13.2. The molecule has 0 radical (unpaired) electrons. The first-order valence-electron chi connectivity index (χ1n) is 11.7. The van der Waals surface area contributed by atoms with Crippen LogP contribution in [0, 0.1) is 0 Å². The van der Waals surface area contributed by atoms with Gasteiger partial charge in [0.25, 0.3) is 0 Å². The minimum absolute atomic E-state index is 0.0633. The monoisotopic (exact) mass is 558 g/mol. The van der Waals surface area contributed by atoms with Gasteiger partial charge in [-0.25, -0.2) is 9.59 Å². The van der Waals surface area contributed by atoms with Crippen molar-refractivity contribution in [3.05, 3.63) is 59.7 Å². The Bertz CT molecular complexity index is 1090. The lowest BCUT2D eigenvalue weighted by atomic mass is 10.0. The molecule has 2 N–H and O–H groups in total. The number of alkyl halides is 4. The Morgan fingerprint density at radius 1 is 0.744 bits per heavy atom. The van der Waals surface area contributed by atoms with Crippen molar-refractivity contribution >= 4 is 18.0 Å². The van der Waals surface area contributed by atoms with Gasteiger partial charge in [0, 0.05) is 12.8 Å². The van der Waals surface area contributed by atoms with Gasteiger partial charge >= 0.3 is 25.3 Å². The normalized spacial score (nSPS) is 12.9. The Labute approximate surface area is 222 Å². The molecule has 0 unspecified atom stereocenters. The lowest BCUT2D eigenvalue weighted by Crippen LogP contribution is -2.53. The van der Waals surface area contributed by atoms with Crippen LogP contribution in [0.4, 0.5) is 22.4 Å². The van der Waals surface area contributed by atoms with Crippen molar-refractivity contribution in [2.45, 2.75) is 64.5 Å². The van der Waals surface area contributed by atoms with E-state index in [9.17, 15) is 31.9 Å². The molecule has 0 fully saturated rings. The topological polar surface area (TPSA) is 112 Å². The zero-order valence-corrected chi connectivity index (χ0v) is 21.7. The summed E-state index contributed by atoms with van der Waals surface area (Å²) in [5, 5.41) is 4.99. The molecule has 2 rings (SSSR count). The second kappa shape index (κ2) is 14.2. The summed E-state index contributed by atoms with van der Waals surface area (Å²) in [5.74, 6) is -1.73. The van der Waals surface area contributed by atoms with Crippen LogP contribution in [0.3, 0.4) is 0 Å². The number of esters is 1. The zero-order valence-electron chi connectivity index (χ0n) is 21.7. The summed E-state index contributed by atoms with van der Waals surface area (Å²) >= 11 is 0. The Balaban J connectivity index is 2.22. The van der Waals surface area contributed by atoms with E-state index in [0.29, 0.717) is 11.1 Å². The number of methoxy groups -OCH3 is 1. The van der Waals surface area contributed by atoms with Crippen LogP contribution >= 0.6 is 0 Å². The van der Waals surface area contributed by atoms with E-state index in [1.165, 1.54) is 48.5 Å². The molecule has 2 aromatic rings. The average Bonchev–Trinajstić information content (AvgIpc) is 2.83. The van der Waals surface area contributed by atoms with Gasteiger partial charge < -0.3 is 29.6 Å². The van der Waals surface area contributed by atoms with Crippen molar-refractivity contribution in [1.29, 1.82) is 0 Å². The third-order valence-corrected chi connectivity index (χ3v) is 4.99. The standard InChI is InChI=1S/C26H30F4N2O7/c1-26(2,3)39-25(35)32-19(13-15-5-9-17(10-6-15)37-23(27)28)21(33)31-20(22(34)36-4)14-16-7-11-18(12-8-16)38-24(29)30/h5-12,19-20,23-24H,13-14H2,1-4H3,(H,31,33)(H,32,35)/t19-,20+/m0/s1.